The van der Waals surface area contributed by atoms with Crippen molar-refractivity contribution in [3.8, 4) is 11.5 Å². The van der Waals surface area contributed by atoms with Crippen LogP contribution in [0.25, 0.3) is 0 Å². The number of hydrogen-bond donors (Lipinski definition) is 3. The lowest BCUT2D eigenvalue weighted by molar-refractivity contribution is -0.153. The zero-order valence-corrected chi connectivity index (χ0v) is 12.4. The SMILES string of the molecule is O=C(NC[C@H]1CCCCN1)c1cc(O)ccc1OCC(F)(F)F. The van der Waals surface area contributed by atoms with Crippen molar-refractivity contribution in [1.82, 2.24) is 10.6 Å². The number of nitrogens with one attached hydrogen (secondary N) is 2. The van der Waals surface area contributed by atoms with E-state index in [-0.39, 0.29) is 23.1 Å². The lowest BCUT2D eigenvalue weighted by Gasteiger charge is -2.23. The van der Waals surface area contributed by atoms with E-state index in [2.05, 4.69) is 15.4 Å². The zero-order valence-electron chi connectivity index (χ0n) is 12.4. The van der Waals surface area contributed by atoms with Gasteiger partial charge >= 0.3 is 6.18 Å². The van der Waals surface area contributed by atoms with E-state index in [1.807, 2.05) is 0 Å². The second-order valence-electron chi connectivity index (χ2n) is 5.44. The Morgan fingerprint density at radius 3 is 2.83 bits per heavy atom. The van der Waals surface area contributed by atoms with Crippen molar-refractivity contribution in [3.63, 3.8) is 0 Å². The topological polar surface area (TPSA) is 70.6 Å². The second kappa shape index (κ2) is 7.54. The number of carbonyl (C=O) groups is 1. The quantitative estimate of drug-likeness (QED) is 0.773. The molecule has 2 rings (SSSR count). The largest absolute Gasteiger partial charge is 0.508 e. The molecule has 1 saturated heterocycles. The third-order valence-corrected chi connectivity index (χ3v) is 3.52. The first kappa shape index (κ1) is 17.4. The number of benzene rings is 1. The van der Waals surface area contributed by atoms with Gasteiger partial charge in [0.1, 0.15) is 11.5 Å². The van der Waals surface area contributed by atoms with Gasteiger partial charge in [-0.25, -0.2) is 0 Å². The van der Waals surface area contributed by atoms with Crippen LogP contribution in [0.4, 0.5) is 13.2 Å². The number of ether oxygens (including phenoxy) is 1. The van der Waals surface area contributed by atoms with Gasteiger partial charge in [-0.1, -0.05) is 6.42 Å². The molecule has 8 heteroatoms. The van der Waals surface area contributed by atoms with E-state index >= 15 is 0 Å². The van der Waals surface area contributed by atoms with Gasteiger partial charge in [0.15, 0.2) is 6.61 Å². The molecule has 0 spiro atoms. The fraction of sp³-hybridized carbons (Fsp3) is 0.533. The summed E-state index contributed by atoms with van der Waals surface area (Å²) in [5.74, 6) is -1.01. The Balaban J connectivity index is 2.00. The Labute approximate surface area is 131 Å². The molecule has 1 heterocycles. The standard InChI is InChI=1S/C15H19F3N2O3/c16-15(17,18)9-23-13-5-4-11(21)7-12(13)14(22)20-8-10-3-1-2-6-19-10/h4-5,7,10,19,21H,1-3,6,8-9H2,(H,20,22)/t10-/m1/s1. The van der Waals surface area contributed by atoms with Gasteiger partial charge in [0.05, 0.1) is 5.56 Å². The summed E-state index contributed by atoms with van der Waals surface area (Å²) < 4.78 is 41.4. The van der Waals surface area contributed by atoms with Crippen molar-refractivity contribution < 1.29 is 27.8 Å². The van der Waals surface area contributed by atoms with Crippen LogP contribution in [0, 0.1) is 0 Å². The van der Waals surface area contributed by atoms with Crippen LogP contribution >= 0.6 is 0 Å². The highest BCUT2D eigenvalue weighted by atomic mass is 19.4. The van der Waals surface area contributed by atoms with Crippen LogP contribution in [0.15, 0.2) is 18.2 Å². The number of carbonyl (C=O) groups excluding carboxylic acids is 1. The highest BCUT2D eigenvalue weighted by molar-refractivity contribution is 5.97. The van der Waals surface area contributed by atoms with E-state index in [1.54, 1.807) is 0 Å². The molecule has 3 N–H and O–H groups in total. The van der Waals surface area contributed by atoms with Gasteiger partial charge in [-0.2, -0.15) is 13.2 Å². The van der Waals surface area contributed by atoms with Crippen molar-refractivity contribution in [2.24, 2.45) is 0 Å². The first-order valence-electron chi connectivity index (χ1n) is 7.39. The summed E-state index contributed by atoms with van der Waals surface area (Å²) in [4.78, 5) is 12.2. The van der Waals surface area contributed by atoms with Crippen molar-refractivity contribution in [1.29, 1.82) is 0 Å². The van der Waals surface area contributed by atoms with Gasteiger partial charge in [0.25, 0.3) is 5.91 Å². The van der Waals surface area contributed by atoms with Gasteiger partial charge in [-0.15, -0.1) is 0 Å². The van der Waals surface area contributed by atoms with E-state index < -0.39 is 18.7 Å². The minimum Gasteiger partial charge on any atom is -0.508 e. The van der Waals surface area contributed by atoms with E-state index in [9.17, 15) is 23.1 Å². The Morgan fingerprint density at radius 2 is 2.17 bits per heavy atom. The molecule has 1 fully saturated rings. The number of rotatable bonds is 5. The molecule has 1 atom stereocenters. The smallest absolute Gasteiger partial charge is 0.422 e. The van der Waals surface area contributed by atoms with Gasteiger partial charge in [0, 0.05) is 12.6 Å². The third kappa shape index (κ3) is 5.63. The number of amides is 1. The minimum absolute atomic E-state index is 0.120. The fourth-order valence-electron chi connectivity index (χ4n) is 2.39. The molecule has 0 unspecified atom stereocenters. The van der Waals surface area contributed by atoms with E-state index in [0.717, 1.165) is 37.9 Å². The average Bonchev–Trinajstić information content (AvgIpc) is 2.51. The zero-order chi connectivity index (χ0) is 16.9. The second-order valence-corrected chi connectivity index (χ2v) is 5.44. The molecule has 0 aliphatic carbocycles. The molecular formula is C15H19F3N2O3. The predicted octanol–water partition coefficient (Wildman–Crippen LogP) is 2.21. The molecule has 23 heavy (non-hydrogen) atoms. The summed E-state index contributed by atoms with van der Waals surface area (Å²) in [6.07, 6.45) is -1.42. The number of phenolic OH excluding ortho intramolecular Hbond substituents is 1. The summed E-state index contributed by atoms with van der Waals surface area (Å²) in [6.45, 7) is -0.248. The van der Waals surface area contributed by atoms with E-state index in [4.69, 9.17) is 0 Å². The van der Waals surface area contributed by atoms with Crippen LogP contribution in [0.2, 0.25) is 0 Å². The minimum atomic E-state index is -4.50. The number of piperidine rings is 1. The van der Waals surface area contributed by atoms with Gasteiger partial charge in [-0.05, 0) is 37.6 Å². The lowest BCUT2D eigenvalue weighted by Crippen LogP contribution is -2.43. The summed E-state index contributed by atoms with van der Waals surface area (Å²) in [6, 6.07) is 3.56. The fourth-order valence-corrected chi connectivity index (χ4v) is 2.39. The van der Waals surface area contributed by atoms with Crippen molar-refractivity contribution in [3.05, 3.63) is 23.8 Å². The molecule has 1 aromatic carbocycles. The van der Waals surface area contributed by atoms with Gasteiger partial charge < -0.3 is 20.5 Å². The van der Waals surface area contributed by atoms with Crippen molar-refractivity contribution in [2.75, 3.05) is 19.7 Å². The van der Waals surface area contributed by atoms with Crippen LogP contribution < -0.4 is 15.4 Å². The molecule has 0 bridgehead atoms. The highest BCUT2D eigenvalue weighted by Gasteiger charge is 2.29. The first-order valence-corrected chi connectivity index (χ1v) is 7.39. The number of alkyl halides is 3. The monoisotopic (exact) mass is 332 g/mol. The molecule has 5 nitrogen and oxygen atoms in total. The summed E-state index contributed by atoms with van der Waals surface area (Å²) in [5, 5.41) is 15.4. The predicted molar refractivity (Wildman–Crippen MR) is 77.6 cm³/mol. The first-order chi connectivity index (χ1) is 10.8. The number of aromatic hydroxyl groups is 1. The van der Waals surface area contributed by atoms with E-state index in [0.29, 0.717) is 6.54 Å². The maximum Gasteiger partial charge on any atom is 0.422 e. The Morgan fingerprint density at radius 1 is 1.39 bits per heavy atom. The summed E-state index contributed by atoms with van der Waals surface area (Å²) in [5.41, 5.74) is -0.120. The number of phenols is 1. The molecule has 128 valence electrons. The van der Waals surface area contributed by atoms with Crippen LogP contribution in [0.5, 0.6) is 11.5 Å². The Kier molecular flexibility index (Phi) is 5.70. The van der Waals surface area contributed by atoms with E-state index in [1.165, 1.54) is 6.07 Å². The normalized spacial score (nSPS) is 18.5. The van der Waals surface area contributed by atoms with Gasteiger partial charge in [-0.3, -0.25) is 4.79 Å². The number of hydrogen-bond acceptors (Lipinski definition) is 4. The molecule has 1 amide bonds. The van der Waals surface area contributed by atoms with Crippen LogP contribution in [0.3, 0.4) is 0 Å². The Bertz CT molecular complexity index is 543. The Hall–Kier alpha value is -1.96. The van der Waals surface area contributed by atoms with Gasteiger partial charge in [0.2, 0.25) is 0 Å². The molecule has 1 aliphatic rings. The highest BCUT2D eigenvalue weighted by Crippen LogP contribution is 2.26. The number of halogens is 3. The maximum absolute atomic E-state index is 12.3. The van der Waals surface area contributed by atoms with Crippen LogP contribution in [-0.4, -0.2) is 42.9 Å². The molecule has 0 radical (unpaired) electrons. The molecular weight excluding hydrogens is 313 g/mol. The third-order valence-electron chi connectivity index (χ3n) is 3.52. The van der Waals surface area contributed by atoms with Crippen molar-refractivity contribution >= 4 is 5.91 Å². The molecule has 0 aromatic heterocycles. The molecule has 1 aromatic rings. The molecule has 0 saturated carbocycles. The van der Waals surface area contributed by atoms with Crippen LogP contribution in [-0.2, 0) is 0 Å². The van der Waals surface area contributed by atoms with Crippen molar-refractivity contribution in [2.45, 2.75) is 31.5 Å². The summed E-state index contributed by atoms with van der Waals surface area (Å²) >= 11 is 0. The maximum atomic E-state index is 12.3. The average molecular weight is 332 g/mol. The lowest BCUT2D eigenvalue weighted by atomic mass is 10.0. The van der Waals surface area contributed by atoms with Crippen LogP contribution in [0.1, 0.15) is 29.6 Å². The summed E-state index contributed by atoms with van der Waals surface area (Å²) in [7, 11) is 0. The molecule has 1 aliphatic heterocycles.